The number of ether oxygens (including phenoxy) is 1. The van der Waals surface area contributed by atoms with Crippen LogP contribution in [-0.4, -0.2) is 31.8 Å². The molecule has 162 valence electrons. The molecule has 2 aromatic rings. The second-order valence-electron chi connectivity index (χ2n) is 6.62. The van der Waals surface area contributed by atoms with Crippen LogP contribution in [0.5, 0.6) is 0 Å². The highest BCUT2D eigenvalue weighted by atomic mass is 32.2. The first-order valence-electron chi connectivity index (χ1n) is 8.92. The van der Waals surface area contributed by atoms with Crippen LogP contribution in [0, 0.1) is 29.1 Å². The molecule has 2 aromatic carbocycles. The molecule has 0 radical (unpaired) electrons. The lowest BCUT2D eigenvalue weighted by molar-refractivity contribution is 0.0462. The van der Waals surface area contributed by atoms with Crippen LogP contribution in [-0.2, 0) is 21.4 Å². The van der Waals surface area contributed by atoms with Gasteiger partial charge in [0, 0.05) is 13.1 Å². The monoisotopic (exact) mass is 449 g/mol. The highest BCUT2D eigenvalue weighted by Gasteiger charge is 2.28. The lowest BCUT2D eigenvalue weighted by Crippen LogP contribution is -2.35. The van der Waals surface area contributed by atoms with Crippen LogP contribution >= 0.6 is 0 Å². The van der Waals surface area contributed by atoms with Crippen molar-refractivity contribution >= 4 is 16.0 Å². The summed E-state index contributed by atoms with van der Waals surface area (Å²) in [6, 6.07) is 4.80. The van der Waals surface area contributed by atoms with Gasteiger partial charge in [-0.1, -0.05) is 12.5 Å². The summed E-state index contributed by atoms with van der Waals surface area (Å²) in [5, 5.41) is 0. The molecule has 1 aliphatic rings. The topological polar surface area (TPSA) is 63.7 Å². The number of halogens is 5. The molecule has 30 heavy (non-hydrogen) atoms. The summed E-state index contributed by atoms with van der Waals surface area (Å²) in [5.41, 5.74) is -1.56. The van der Waals surface area contributed by atoms with Gasteiger partial charge in [-0.3, -0.25) is 0 Å². The molecular formula is C19H16F5NO4S. The average molecular weight is 449 g/mol. The van der Waals surface area contributed by atoms with E-state index in [0.29, 0.717) is 25.9 Å². The van der Waals surface area contributed by atoms with Crippen molar-refractivity contribution < 1.29 is 39.9 Å². The van der Waals surface area contributed by atoms with Crippen molar-refractivity contribution in [2.24, 2.45) is 0 Å². The van der Waals surface area contributed by atoms with Crippen molar-refractivity contribution in [3.63, 3.8) is 0 Å². The fraction of sp³-hybridized carbons (Fsp3) is 0.316. The van der Waals surface area contributed by atoms with E-state index in [-0.39, 0.29) is 10.5 Å². The van der Waals surface area contributed by atoms with Crippen LogP contribution in [0.1, 0.15) is 35.2 Å². The van der Waals surface area contributed by atoms with E-state index in [1.54, 1.807) is 0 Å². The molecule has 0 saturated carbocycles. The van der Waals surface area contributed by atoms with Crippen molar-refractivity contribution in [2.45, 2.75) is 30.8 Å². The van der Waals surface area contributed by atoms with Gasteiger partial charge in [0.15, 0.2) is 23.3 Å². The molecule has 0 spiro atoms. The van der Waals surface area contributed by atoms with Gasteiger partial charge < -0.3 is 4.74 Å². The Kier molecular flexibility index (Phi) is 6.41. The zero-order chi connectivity index (χ0) is 22.1. The first-order chi connectivity index (χ1) is 14.1. The number of carbonyl (C=O) groups is 1. The third-order valence-corrected chi connectivity index (χ3v) is 6.57. The summed E-state index contributed by atoms with van der Waals surface area (Å²) in [6.07, 6.45) is 2.34. The molecule has 0 bridgehead atoms. The zero-order valence-corrected chi connectivity index (χ0v) is 16.2. The van der Waals surface area contributed by atoms with Gasteiger partial charge in [0.1, 0.15) is 6.61 Å². The maximum atomic E-state index is 13.7. The Morgan fingerprint density at radius 3 is 2.07 bits per heavy atom. The summed E-state index contributed by atoms with van der Waals surface area (Å²) in [4.78, 5) is 12.0. The van der Waals surface area contributed by atoms with E-state index in [2.05, 4.69) is 4.74 Å². The minimum absolute atomic E-state index is 0.171. The molecule has 1 heterocycles. The maximum Gasteiger partial charge on any atom is 0.338 e. The van der Waals surface area contributed by atoms with E-state index in [1.807, 2.05) is 0 Å². The lowest BCUT2D eigenvalue weighted by Gasteiger charge is -2.25. The lowest BCUT2D eigenvalue weighted by atomic mass is 10.2. The highest BCUT2D eigenvalue weighted by Crippen LogP contribution is 2.25. The van der Waals surface area contributed by atoms with E-state index in [9.17, 15) is 35.2 Å². The van der Waals surface area contributed by atoms with Crippen molar-refractivity contribution in [3.05, 3.63) is 64.5 Å². The number of sulfonamides is 1. The van der Waals surface area contributed by atoms with Gasteiger partial charge in [-0.15, -0.1) is 0 Å². The van der Waals surface area contributed by atoms with E-state index in [0.717, 1.165) is 12.5 Å². The Morgan fingerprint density at radius 1 is 0.900 bits per heavy atom. The molecule has 0 N–H and O–H groups in total. The van der Waals surface area contributed by atoms with Crippen molar-refractivity contribution in [3.8, 4) is 0 Å². The summed E-state index contributed by atoms with van der Waals surface area (Å²) in [6.45, 7) is -0.539. The Morgan fingerprint density at radius 2 is 1.47 bits per heavy atom. The minimum Gasteiger partial charge on any atom is -0.457 e. The predicted octanol–water partition coefficient (Wildman–Crippen LogP) is 3.91. The molecule has 11 heteroatoms. The van der Waals surface area contributed by atoms with E-state index in [4.69, 9.17) is 0 Å². The molecule has 0 unspecified atom stereocenters. The molecule has 0 aliphatic carbocycles. The molecule has 1 saturated heterocycles. The van der Waals surface area contributed by atoms with Crippen LogP contribution in [0.4, 0.5) is 22.0 Å². The van der Waals surface area contributed by atoms with Gasteiger partial charge >= 0.3 is 5.97 Å². The van der Waals surface area contributed by atoms with Crippen LogP contribution in [0.25, 0.3) is 0 Å². The van der Waals surface area contributed by atoms with Gasteiger partial charge in [-0.2, -0.15) is 4.31 Å². The summed E-state index contributed by atoms with van der Waals surface area (Å²) in [5.74, 6) is -12.0. The molecule has 0 aromatic heterocycles. The fourth-order valence-corrected chi connectivity index (χ4v) is 4.60. The molecule has 1 fully saturated rings. The van der Waals surface area contributed by atoms with Crippen molar-refractivity contribution in [1.29, 1.82) is 0 Å². The van der Waals surface area contributed by atoms with Gasteiger partial charge in [0.25, 0.3) is 0 Å². The van der Waals surface area contributed by atoms with Crippen molar-refractivity contribution in [1.82, 2.24) is 4.31 Å². The molecule has 0 amide bonds. The quantitative estimate of drug-likeness (QED) is 0.301. The number of rotatable bonds is 5. The standard InChI is InChI=1S/C19H16F5NO4S/c20-14-13(15(21)17(23)18(24)16(14)22)10-29-19(26)11-5-4-6-12(9-11)30(27,28)25-7-2-1-3-8-25/h4-6,9H,1-3,7-8,10H2. The third kappa shape index (κ3) is 4.17. The van der Waals surface area contributed by atoms with Gasteiger partial charge in [-0.05, 0) is 31.0 Å². The molecule has 0 atom stereocenters. The second-order valence-corrected chi connectivity index (χ2v) is 8.56. The first-order valence-corrected chi connectivity index (χ1v) is 10.4. The molecule has 5 nitrogen and oxygen atoms in total. The van der Waals surface area contributed by atoms with Crippen LogP contribution < -0.4 is 0 Å². The Hall–Kier alpha value is -2.53. The van der Waals surface area contributed by atoms with Gasteiger partial charge in [0.2, 0.25) is 15.8 Å². The number of hydrogen-bond donors (Lipinski definition) is 0. The second kappa shape index (κ2) is 8.68. The number of esters is 1. The van der Waals surface area contributed by atoms with E-state index < -0.39 is 57.2 Å². The zero-order valence-electron chi connectivity index (χ0n) is 15.4. The van der Waals surface area contributed by atoms with E-state index >= 15 is 0 Å². The van der Waals surface area contributed by atoms with Crippen LogP contribution in [0.3, 0.4) is 0 Å². The minimum atomic E-state index is -3.85. The Labute approximate surface area is 169 Å². The maximum absolute atomic E-state index is 13.7. The van der Waals surface area contributed by atoms with Crippen molar-refractivity contribution in [2.75, 3.05) is 13.1 Å². The highest BCUT2D eigenvalue weighted by molar-refractivity contribution is 7.89. The Balaban J connectivity index is 1.80. The number of benzene rings is 2. The summed E-state index contributed by atoms with van der Waals surface area (Å²) < 4.78 is 98.3. The average Bonchev–Trinajstić information content (AvgIpc) is 2.76. The van der Waals surface area contributed by atoms with E-state index in [1.165, 1.54) is 22.5 Å². The normalized spacial score (nSPS) is 15.2. The third-order valence-electron chi connectivity index (χ3n) is 4.67. The van der Waals surface area contributed by atoms with Crippen LogP contribution in [0.2, 0.25) is 0 Å². The predicted molar refractivity (Wildman–Crippen MR) is 94.4 cm³/mol. The van der Waals surface area contributed by atoms with Gasteiger partial charge in [-0.25, -0.2) is 35.2 Å². The summed E-state index contributed by atoms with van der Waals surface area (Å²) in [7, 11) is -3.85. The van der Waals surface area contributed by atoms with Crippen LogP contribution in [0.15, 0.2) is 29.2 Å². The summed E-state index contributed by atoms with van der Waals surface area (Å²) >= 11 is 0. The SMILES string of the molecule is O=C(OCc1c(F)c(F)c(F)c(F)c1F)c1cccc(S(=O)(=O)N2CCCCC2)c1. The number of nitrogens with zero attached hydrogens (tertiary/aromatic N) is 1. The number of hydrogen-bond acceptors (Lipinski definition) is 4. The van der Waals surface area contributed by atoms with Gasteiger partial charge in [0.05, 0.1) is 16.0 Å². The molecule has 1 aliphatic heterocycles. The Bertz CT molecular complexity index is 1060. The smallest absolute Gasteiger partial charge is 0.338 e. The fourth-order valence-electron chi connectivity index (χ4n) is 3.04. The molecular weight excluding hydrogens is 433 g/mol. The molecule has 3 rings (SSSR count). The largest absolute Gasteiger partial charge is 0.457 e. The number of carbonyl (C=O) groups excluding carboxylic acids is 1. The first kappa shape index (κ1) is 22.2. The number of piperidine rings is 1.